The van der Waals surface area contributed by atoms with Crippen molar-refractivity contribution in [3.8, 4) is 0 Å². The summed E-state index contributed by atoms with van der Waals surface area (Å²) in [4.78, 5) is 13.8. The second-order valence-corrected chi connectivity index (χ2v) is 6.33. The number of rotatable bonds is 1. The zero-order valence-corrected chi connectivity index (χ0v) is 12.3. The van der Waals surface area contributed by atoms with E-state index in [1.807, 2.05) is 12.1 Å². The molecule has 2 atom stereocenters. The van der Waals surface area contributed by atoms with Gasteiger partial charge in [-0.3, -0.25) is 4.79 Å². The minimum atomic E-state index is 0.206. The maximum atomic E-state index is 11.4. The Kier molecular flexibility index (Phi) is 3.39. The highest BCUT2D eigenvalue weighted by atomic mass is 79.9. The molecule has 2 aliphatic heterocycles. The lowest BCUT2D eigenvalue weighted by Crippen LogP contribution is -2.54. The minimum Gasteiger partial charge on any atom is -0.397 e. The van der Waals surface area contributed by atoms with Crippen molar-refractivity contribution in [1.29, 1.82) is 0 Å². The predicted octanol–water partition coefficient (Wildman–Crippen LogP) is 2.14. The molecule has 0 spiro atoms. The Balaban J connectivity index is 1.76. The van der Waals surface area contributed by atoms with Crippen LogP contribution in [0.4, 0.5) is 11.4 Å². The second-order valence-electron chi connectivity index (χ2n) is 5.41. The van der Waals surface area contributed by atoms with Crippen LogP contribution in [0, 0.1) is 5.92 Å². The van der Waals surface area contributed by atoms with E-state index in [4.69, 9.17) is 5.73 Å². The van der Waals surface area contributed by atoms with Crippen molar-refractivity contribution in [2.24, 2.45) is 5.92 Å². The van der Waals surface area contributed by atoms with Crippen molar-refractivity contribution >= 4 is 33.2 Å². The van der Waals surface area contributed by atoms with Crippen LogP contribution in [0.5, 0.6) is 0 Å². The van der Waals surface area contributed by atoms with E-state index in [-0.39, 0.29) is 5.91 Å². The summed E-state index contributed by atoms with van der Waals surface area (Å²) in [6.45, 7) is 1.93. The summed E-state index contributed by atoms with van der Waals surface area (Å²) in [6, 6.07) is 6.40. The molecule has 0 aromatic heterocycles. The van der Waals surface area contributed by atoms with Gasteiger partial charge in [0.15, 0.2) is 0 Å². The summed E-state index contributed by atoms with van der Waals surface area (Å²) in [5.41, 5.74) is 8.02. The molecule has 0 bridgehead atoms. The van der Waals surface area contributed by atoms with Gasteiger partial charge in [0.05, 0.1) is 11.4 Å². The molecule has 2 fully saturated rings. The van der Waals surface area contributed by atoms with Gasteiger partial charge in [-0.2, -0.15) is 0 Å². The van der Waals surface area contributed by atoms with Crippen molar-refractivity contribution in [2.45, 2.75) is 25.3 Å². The number of nitrogen functional groups attached to an aromatic ring is 1. The summed E-state index contributed by atoms with van der Waals surface area (Å²) >= 11 is 3.44. The first-order valence-corrected chi connectivity index (χ1v) is 7.52. The van der Waals surface area contributed by atoms with E-state index in [1.54, 1.807) is 0 Å². The molecule has 0 radical (unpaired) electrons. The summed E-state index contributed by atoms with van der Waals surface area (Å²) in [5, 5.41) is 3.11. The average molecular weight is 324 g/mol. The average Bonchev–Trinajstić information content (AvgIpc) is 2.38. The van der Waals surface area contributed by atoms with Crippen LogP contribution in [0.25, 0.3) is 0 Å². The first kappa shape index (κ1) is 12.8. The number of nitrogens with one attached hydrogen (secondary N) is 1. The van der Waals surface area contributed by atoms with E-state index in [0.29, 0.717) is 18.4 Å². The number of hydrogen-bond donors (Lipinski definition) is 2. The maximum absolute atomic E-state index is 11.4. The van der Waals surface area contributed by atoms with Crippen molar-refractivity contribution in [3.05, 3.63) is 22.7 Å². The van der Waals surface area contributed by atoms with E-state index in [1.165, 1.54) is 0 Å². The summed E-state index contributed by atoms with van der Waals surface area (Å²) < 4.78 is 1.01. The molecule has 19 heavy (non-hydrogen) atoms. The van der Waals surface area contributed by atoms with Crippen molar-refractivity contribution < 1.29 is 4.79 Å². The third-order valence-electron chi connectivity index (χ3n) is 4.15. The molecule has 2 heterocycles. The number of piperidine rings is 2. The third kappa shape index (κ3) is 2.56. The van der Waals surface area contributed by atoms with Crippen LogP contribution in [-0.4, -0.2) is 25.0 Å². The second kappa shape index (κ2) is 5.04. The smallest absolute Gasteiger partial charge is 0.220 e. The van der Waals surface area contributed by atoms with Gasteiger partial charge in [-0.25, -0.2) is 0 Å². The fourth-order valence-electron chi connectivity index (χ4n) is 3.14. The van der Waals surface area contributed by atoms with Gasteiger partial charge in [-0.1, -0.05) is 15.9 Å². The van der Waals surface area contributed by atoms with E-state index in [9.17, 15) is 4.79 Å². The van der Waals surface area contributed by atoms with Crippen LogP contribution in [-0.2, 0) is 4.79 Å². The molecule has 0 saturated carbocycles. The maximum Gasteiger partial charge on any atom is 0.220 e. The number of hydrogen-bond acceptors (Lipinski definition) is 3. The number of nitrogens with zero attached hydrogens (tertiary/aromatic N) is 1. The number of carbonyl (C=O) groups is 1. The summed E-state index contributed by atoms with van der Waals surface area (Å²) in [6.07, 6.45) is 2.65. The predicted molar refractivity (Wildman–Crippen MR) is 80.0 cm³/mol. The number of amides is 1. The summed E-state index contributed by atoms with van der Waals surface area (Å²) in [5.74, 6) is 0.757. The number of nitrogens with two attached hydrogens (primary N) is 1. The van der Waals surface area contributed by atoms with E-state index in [2.05, 4.69) is 32.2 Å². The third-order valence-corrected chi connectivity index (χ3v) is 4.65. The minimum absolute atomic E-state index is 0.206. The van der Waals surface area contributed by atoms with Gasteiger partial charge >= 0.3 is 0 Å². The molecule has 102 valence electrons. The van der Waals surface area contributed by atoms with E-state index in [0.717, 1.165) is 41.8 Å². The van der Waals surface area contributed by atoms with Gasteiger partial charge in [0, 0.05) is 30.0 Å². The van der Waals surface area contributed by atoms with Gasteiger partial charge in [-0.15, -0.1) is 0 Å². The molecule has 2 unspecified atom stereocenters. The first-order chi connectivity index (χ1) is 9.13. The van der Waals surface area contributed by atoms with Gasteiger partial charge in [0.25, 0.3) is 0 Å². The Hall–Kier alpha value is -1.23. The monoisotopic (exact) mass is 323 g/mol. The normalized spacial score (nSPS) is 26.8. The number of carbonyl (C=O) groups excluding carboxylic acids is 1. The molecule has 1 aromatic rings. The van der Waals surface area contributed by atoms with Gasteiger partial charge < -0.3 is 16.0 Å². The molecule has 3 rings (SSSR count). The number of anilines is 2. The molecule has 3 N–H and O–H groups in total. The van der Waals surface area contributed by atoms with Crippen LogP contribution < -0.4 is 16.0 Å². The molecular weight excluding hydrogens is 306 g/mol. The largest absolute Gasteiger partial charge is 0.397 e. The van der Waals surface area contributed by atoms with E-state index < -0.39 is 0 Å². The Labute approximate surface area is 121 Å². The van der Waals surface area contributed by atoms with Crippen LogP contribution in [0.15, 0.2) is 22.7 Å². The molecule has 2 saturated heterocycles. The molecule has 4 nitrogen and oxygen atoms in total. The Morgan fingerprint density at radius 2 is 2.21 bits per heavy atom. The first-order valence-electron chi connectivity index (χ1n) is 6.73. The lowest BCUT2D eigenvalue weighted by molar-refractivity contribution is -0.124. The standard InChI is InChI=1S/C14H18BrN3O/c15-10-2-3-13(11(16)7-10)18-6-5-12-9(8-18)1-4-14(19)17-12/h2-3,7,9,12H,1,4-6,8,16H2,(H,17,19). The zero-order valence-electron chi connectivity index (χ0n) is 10.7. The molecule has 1 amide bonds. The lowest BCUT2D eigenvalue weighted by atomic mass is 9.85. The highest BCUT2D eigenvalue weighted by Gasteiger charge is 2.34. The van der Waals surface area contributed by atoms with Crippen LogP contribution >= 0.6 is 15.9 Å². The van der Waals surface area contributed by atoms with Gasteiger partial charge in [0.2, 0.25) is 5.91 Å². The molecule has 2 aliphatic rings. The van der Waals surface area contributed by atoms with Crippen LogP contribution in [0.3, 0.4) is 0 Å². The number of fused-ring (bicyclic) bond motifs is 1. The highest BCUT2D eigenvalue weighted by Crippen LogP contribution is 2.32. The topological polar surface area (TPSA) is 58.4 Å². The van der Waals surface area contributed by atoms with Gasteiger partial charge in [-0.05, 0) is 37.0 Å². The Bertz CT molecular complexity index is 505. The van der Waals surface area contributed by atoms with Crippen LogP contribution in [0.2, 0.25) is 0 Å². The highest BCUT2D eigenvalue weighted by molar-refractivity contribution is 9.10. The fraction of sp³-hybridized carbons (Fsp3) is 0.500. The number of benzene rings is 1. The number of halogens is 1. The van der Waals surface area contributed by atoms with Crippen molar-refractivity contribution in [1.82, 2.24) is 5.32 Å². The van der Waals surface area contributed by atoms with Crippen LogP contribution in [0.1, 0.15) is 19.3 Å². The molecule has 5 heteroatoms. The fourth-order valence-corrected chi connectivity index (χ4v) is 3.52. The zero-order chi connectivity index (χ0) is 13.4. The Morgan fingerprint density at radius 3 is 3.00 bits per heavy atom. The van der Waals surface area contributed by atoms with Crippen molar-refractivity contribution in [3.63, 3.8) is 0 Å². The quantitative estimate of drug-likeness (QED) is 0.778. The Morgan fingerprint density at radius 1 is 1.37 bits per heavy atom. The molecular formula is C14H18BrN3O. The SMILES string of the molecule is Nc1cc(Br)ccc1N1CCC2NC(=O)CCC2C1. The lowest BCUT2D eigenvalue weighted by Gasteiger charge is -2.42. The molecule has 1 aromatic carbocycles. The summed E-state index contributed by atoms with van der Waals surface area (Å²) in [7, 11) is 0. The molecule has 0 aliphatic carbocycles. The van der Waals surface area contributed by atoms with E-state index >= 15 is 0 Å². The van der Waals surface area contributed by atoms with Gasteiger partial charge in [0.1, 0.15) is 0 Å². The van der Waals surface area contributed by atoms with Crippen molar-refractivity contribution in [2.75, 3.05) is 23.7 Å².